The second-order valence-electron chi connectivity index (χ2n) is 2.85. The molecule has 1 heterocycles. The Labute approximate surface area is 84.9 Å². The molecule has 1 aliphatic rings. The summed E-state index contributed by atoms with van der Waals surface area (Å²) in [5, 5.41) is 1.59. The topological polar surface area (TPSA) is 25.8 Å². The molecule has 0 radical (unpaired) electrons. The average Bonchev–Trinajstić information content (AvgIpc) is 2.63. The number of aromatic nitrogens is 2. The Bertz CT molecular complexity index is 258. The van der Waals surface area contributed by atoms with E-state index in [9.17, 15) is 0 Å². The largest absolute Gasteiger partial charge is 0.204 e. The number of rotatable bonds is 2. The monoisotopic (exact) mass is 220 g/mol. The van der Waals surface area contributed by atoms with Crippen LogP contribution in [0.4, 0.5) is 0 Å². The highest BCUT2D eigenvalue weighted by atomic mass is 35.5. The first-order valence-corrected chi connectivity index (χ1v) is 6.03. The van der Waals surface area contributed by atoms with E-state index in [0.29, 0.717) is 4.47 Å². The summed E-state index contributed by atoms with van der Waals surface area (Å²) in [6, 6.07) is 0. The Morgan fingerprint density at radius 3 is 2.75 bits per heavy atom. The molecule has 0 aromatic carbocycles. The fraction of sp³-hybridized carbons (Fsp3) is 0.714. The Kier molecular flexibility index (Phi) is 2.88. The summed E-state index contributed by atoms with van der Waals surface area (Å²) in [7, 11) is 0. The number of hydrogen-bond donors (Lipinski definition) is 0. The summed E-state index contributed by atoms with van der Waals surface area (Å²) in [4.78, 5) is 4.11. The summed E-state index contributed by atoms with van der Waals surface area (Å²) in [5.74, 6) is 0. The Hall–Kier alpha value is 0.200. The second-order valence-corrected chi connectivity index (χ2v) is 5.46. The van der Waals surface area contributed by atoms with Crippen molar-refractivity contribution in [3.05, 3.63) is 4.47 Å². The number of halogens is 1. The van der Waals surface area contributed by atoms with Gasteiger partial charge in [-0.2, -0.15) is 9.36 Å². The molecule has 0 aliphatic heterocycles. The van der Waals surface area contributed by atoms with E-state index < -0.39 is 0 Å². The molecule has 0 saturated heterocycles. The third-order valence-corrected chi connectivity index (χ3v) is 4.07. The van der Waals surface area contributed by atoms with Crippen molar-refractivity contribution in [1.82, 2.24) is 9.36 Å². The fourth-order valence-corrected chi connectivity index (χ4v) is 3.30. The molecule has 0 atom stereocenters. The number of thioether (sulfide) groups is 1. The molecule has 1 saturated carbocycles. The van der Waals surface area contributed by atoms with Gasteiger partial charge in [-0.05, 0) is 36.0 Å². The van der Waals surface area contributed by atoms with Crippen molar-refractivity contribution >= 4 is 34.9 Å². The summed E-state index contributed by atoms with van der Waals surface area (Å²) in [6.07, 6.45) is 5.33. The first kappa shape index (κ1) is 8.78. The maximum absolute atomic E-state index is 5.68. The molecule has 1 fully saturated rings. The van der Waals surface area contributed by atoms with Gasteiger partial charge >= 0.3 is 0 Å². The molecule has 1 aliphatic carbocycles. The van der Waals surface area contributed by atoms with E-state index in [1.165, 1.54) is 37.2 Å². The van der Waals surface area contributed by atoms with Crippen molar-refractivity contribution in [2.45, 2.75) is 36.1 Å². The van der Waals surface area contributed by atoms with E-state index >= 15 is 0 Å². The molecule has 0 bridgehead atoms. The van der Waals surface area contributed by atoms with Crippen molar-refractivity contribution in [3.8, 4) is 0 Å². The SMILES string of the molecule is Clc1nc(SC2CCCC2)ns1. The highest BCUT2D eigenvalue weighted by Gasteiger charge is 2.17. The maximum Gasteiger partial charge on any atom is 0.204 e. The quantitative estimate of drug-likeness (QED) is 0.766. The van der Waals surface area contributed by atoms with Crippen LogP contribution in [0.5, 0.6) is 0 Å². The molecule has 5 heteroatoms. The van der Waals surface area contributed by atoms with Gasteiger partial charge in [-0.1, -0.05) is 24.6 Å². The van der Waals surface area contributed by atoms with E-state index in [4.69, 9.17) is 11.6 Å². The normalized spacial score (nSPS) is 18.8. The van der Waals surface area contributed by atoms with E-state index in [1.54, 1.807) is 11.8 Å². The molecule has 0 N–H and O–H groups in total. The highest BCUT2D eigenvalue weighted by molar-refractivity contribution is 7.99. The second kappa shape index (κ2) is 3.94. The van der Waals surface area contributed by atoms with Gasteiger partial charge in [-0.3, -0.25) is 0 Å². The lowest BCUT2D eigenvalue weighted by atomic mass is 10.4. The summed E-state index contributed by atoms with van der Waals surface area (Å²) >= 11 is 8.72. The van der Waals surface area contributed by atoms with Crippen LogP contribution >= 0.6 is 34.9 Å². The van der Waals surface area contributed by atoms with Gasteiger partial charge in [-0.25, -0.2) is 0 Å². The van der Waals surface area contributed by atoms with Gasteiger partial charge in [0.2, 0.25) is 9.62 Å². The van der Waals surface area contributed by atoms with E-state index in [0.717, 1.165) is 10.4 Å². The highest BCUT2D eigenvalue weighted by Crippen LogP contribution is 2.34. The van der Waals surface area contributed by atoms with Crippen molar-refractivity contribution in [2.24, 2.45) is 0 Å². The van der Waals surface area contributed by atoms with Crippen LogP contribution in [0.25, 0.3) is 0 Å². The lowest BCUT2D eigenvalue weighted by molar-refractivity contribution is 0.886. The Morgan fingerprint density at radius 1 is 1.42 bits per heavy atom. The van der Waals surface area contributed by atoms with Gasteiger partial charge in [0.25, 0.3) is 0 Å². The van der Waals surface area contributed by atoms with Crippen LogP contribution < -0.4 is 0 Å². The third-order valence-electron chi connectivity index (χ3n) is 1.96. The molecule has 1 aromatic heterocycles. The molecule has 0 amide bonds. The zero-order chi connectivity index (χ0) is 8.39. The minimum absolute atomic E-state index is 0.551. The van der Waals surface area contributed by atoms with Gasteiger partial charge in [0.15, 0.2) is 0 Å². The zero-order valence-corrected chi connectivity index (χ0v) is 8.88. The van der Waals surface area contributed by atoms with Crippen LogP contribution in [0.2, 0.25) is 4.47 Å². The van der Waals surface area contributed by atoms with Crippen molar-refractivity contribution < 1.29 is 0 Å². The van der Waals surface area contributed by atoms with E-state index in [-0.39, 0.29) is 0 Å². The third kappa shape index (κ3) is 2.12. The zero-order valence-electron chi connectivity index (χ0n) is 6.49. The van der Waals surface area contributed by atoms with Gasteiger partial charge in [0.05, 0.1) is 0 Å². The average molecular weight is 221 g/mol. The van der Waals surface area contributed by atoms with Gasteiger partial charge < -0.3 is 0 Å². The van der Waals surface area contributed by atoms with E-state index in [2.05, 4.69) is 9.36 Å². The molecule has 0 spiro atoms. The summed E-state index contributed by atoms with van der Waals surface area (Å²) in [6.45, 7) is 0. The fourth-order valence-electron chi connectivity index (χ4n) is 1.40. The predicted molar refractivity (Wildman–Crippen MR) is 53.0 cm³/mol. The minimum Gasteiger partial charge on any atom is -0.198 e. The van der Waals surface area contributed by atoms with Crippen molar-refractivity contribution in [2.75, 3.05) is 0 Å². The Morgan fingerprint density at radius 2 is 2.17 bits per heavy atom. The smallest absolute Gasteiger partial charge is 0.198 e. The van der Waals surface area contributed by atoms with Crippen LogP contribution in [0.1, 0.15) is 25.7 Å². The molecule has 1 aromatic rings. The first-order valence-electron chi connectivity index (χ1n) is 4.00. The van der Waals surface area contributed by atoms with Gasteiger partial charge in [-0.15, -0.1) is 0 Å². The van der Waals surface area contributed by atoms with E-state index in [1.807, 2.05) is 0 Å². The van der Waals surface area contributed by atoms with Crippen LogP contribution in [0.15, 0.2) is 5.16 Å². The molecular weight excluding hydrogens is 212 g/mol. The van der Waals surface area contributed by atoms with Crippen LogP contribution in [-0.2, 0) is 0 Å². The maximum atomic E-state index is 5.68. The number of hydrogen-bond acceptors (Lipinski definition) is 4. The summed E-state index contributed by atoms with van der Waals surface area (Å²) in [5.41, 5.74) is 0. The molecule has 12 heavy (non-hydrogen) atoms. The lowest BCUT2D eigenvalue weighted by Crippen LogP contribution is -1.93. The lowest BCUT2D eigenvalue weighted by Gasteiger charge is -2.02. The number of nitrogens with zero attached hydrogens (tertiary/aromatic N) is 2. The van der Waals surface area contributed by atoms with Gasteiger partial charge in [0, 0.05) is 5.25 Å². The Balaban J connectivity index is 1.94. The predicted octanol–water partition coefficient (Wildman–Crippen LogP) is 3.23. The standard InChI is InChI=1S/C7H9ClN2S2/c8-6-9-7(10-12-6)11-5-3-1-2-4-5/h5H,1-4H2. The molecule has 66 valence electrons. The first-order chi connectivity index (χ1) is 5.84. The van der Waals surface area contributed by atoms with Crippen molar-refractivity contribution in [1.29, 1.82) is 0 Å². The van der Waals surface area contributed by atoms with Crippen LogP contribution in [-0.4, -0.2) is 14.6 Å². The molecular formula is C7H9ClN2S2. The van der Waals surface area contributed by atoms with Gasteiger partial charge in [0.1, 0.15) is 0 Å². The minimum atomic E-state index is 0.551. The van der Waals surface area contributed by atoms with Crippen molar-refractivity contribution in [3.63, 3.8) is 0 Å². The molecule has 0 unspecified atom stereocenters. The van der Waals surface area contributed by atoms with Crippen LogP contribution in [0, 0.1) is 0 Å². The summed E-state index contributed by atoms with van der Waals surface area (Å²) < 4.78 is 4.69. The molecule has 2 rings (SSSR count). The van der Waals surface area contributed by atoms with Crippen LogP contribution in [0.3, 0.4) is 0 Å². The molecule has 2 nitrogen and oxygen atoms in total.